The largest absolute Gasteiger partial charge is 0.357 e. The molecule has 0 aliphatic carbocycles. The first-order valence-electron chi connectivity index (χ1n) is 9.74. The third-order valence-corrected chi connectivity index (χ3v) is 7.20. The molecule has 3 unspecified atom stereocenters. The molecular formula is C22H25N3S. The highest BCUT2D eigenvalue weighted by molar-refractivity contribution is 7.80. The number of piperidine rings is 3. The van der Waals surface area contributed by atoms with Crippen LogP contribution in [0.15, 0.2) is 48.8 Å². The lowest BCUT2D eigenvalue weighted by Crippen LogP contribution is -2.60. The van der Waals surface area contributed by atoms with E-state index >= 15 is 0 Å². The lowest BCUT2D eigenvalue weighted by molar-refractivity contribution is 0.0101. The number of nitrogens with zero attached hydrogens (tertiary/aromatic N) is 3. The molecule has 0 saturated carbocycles. The summed E-state index contributed by atoms with van der Waals surface area (Å²) in [5, 5.41) is 0. The predicted octanol–water partition coefficient (Wildman–Crippen LogP) is 3.63. The first-order chi connectivity index (χ1) is 12.7. The van der Waals surface area contributed by atoms with Crippen LogP contribution < -0.4 is 0 Å². The standard InChI is InChI=1S/C22H25N3S/c1-15-5-2-3-7-18(15)22(26)25-14-19(17-6-4-10-23-13-17)21-20(25)16-8-11-24(21)12-9-16/h2-7,10,13,16,19-21H,8-9,11-12,14H2,1H3. The van der Waals surface area contributed by atoms with Crippen molar-refractivity contribution >= 4 is 17.2 Å². The fourth-order valence-electron chi connectivity index (χ4n) is 5.51. The quantitative estimate of drug-likeness (QED) is 0.759. The van der Waals surface area contributed by atoms with Gasteiger partial charge in [-0.15, -0.1) is 0 Å². The van der Waals surface area contributed by atoms with Crippen LogP contribution in [0, 0.1) is 12.8 Å². The number of benzene rings is 1. The van der Waals surface area contributed by atoms with Gasteiger partial charge in [0.2, 0.25) is 0 Å². The van der Waals surface area contributed by atoms with Gasteiger partial charge in [-0.3, -0.25) is 9.88 Å². The van der Waals surface area contributed by atoms with Gasteiger partial charge in [-0.25, -0.2) is 0 Å². The van der Waals surface area contributed by atoms with E-state index in [1.807, 2.05) is 6.20 Å². The zero-order chi connectivity index (χ0) is 17.7. The maximum atomic E-state index is 6.05. The van der Waals surface area contributed by atoms with Crippen molar-refractivity contribution in [3.05, 3.63) is 65.5 Å². The average molecular weight is 364 g/mol. The summed E-state index contributed by atoms with van der Waals surface area (Å²) >= 11 is 6.05. The highest BCUT2D eigenvalue weighted by Gasteiger charge is 2.54. The second-order valence-electron chi connectivity index (χ2n) is 8.02. The Kier molecular flexibility index (Phi) is 4.06. The number of aryl methyl sites for hydroxylation is 1. The minimum absolute atomic E-state index is 0.499. The summed E-state index contributed by atoms with van der Waals surface area (Å²) in [6.07, 6.45) is 6.56. The van der Waals surface area contributed by atoms with Crippen molar-refractivity contribution in [1.82, 2.24) is 14.8 Å². The summed E-state index contributed by atoms with van der Waals surface area (Å²) in [5.74, 6) is 1.27. The molecule has 4 saturated heterocycles. The Morgan fingerprint density at radius 3 is 2.62 bits per heavy atom. The number of fused-ring (bicyclic) bond motifs is 2. The molecular weight excluding hydrogens is 338 g/mol. The molecule has 3 atom stereocenters. The minimum atomic E-state index is 0.499. The van der Waals surface area contributed by atoms with Crippen LogP contribution in [-0.2, 0) is 0 Å². The van der Waals surface area contributed by atoms with Crippen LogP contribution >= 0.6 is 12.2 Å². The van der Waals surface area contributed by atoms with E-state index in [9.17, 15) is 0 Å². The van der Waals surface area contributed by atoms with E-state index in [1.54, 1.807) is 0 Å². The maximum Gasteiger partial charge on any atom is 0.109 e. The molecule has 0 N–H and O–H groups in total. The summed E-state index contributed by atoms with van der Waals surface area (Å²) in [5.41, 5.74) is 3.87. The molecule has 4 fully saturated rings. The van der Waals surface area contributed by atoms with Crippen LogP contribution in [-0.4, -0.2) is 51.5 Å². The molecule has 4 aliphatic rings. The van der Waals surface area contributed by atoms with Gasteiger partial charge in [-0.2, -0.15) is 0 Å². The van der Waals surface area contributed by atoms with Gasteiger partial charge < -0.3 is 4.90 Å². The number of aromatic nitrogens is 1. The molecule has 134 valence electrons. The average Bonchev–Trinajstić information content (AvgIpc) is 3.12. The molecule has 0 radical (unpaired) electrons. The van der Waals surface area contributed by atoms with Crippen LogP contribution in [0.4, 0.5) is 0 Å². The van der Waals surface area contributed by atoms with Crippen LogP contribution in [0.1, 0.15) is 35.4 Å². The molecule has 1 aromatic carbocycles. The van der Waals surface area contributed by atoms with Gasteiger partial charge in [0.25, 0.3) is 0 Å². The first-order valence-corrected chi connectivity index (χ1v) is 10.2. The molecule has 2 aromatic rings. The minimum Gasteiger partial charge on any atom is -0.357 e. The van der Waals surface area contributed by atoms with Crippen molar-refractivity contribution in [2.75, 3.05) is 19.6 Å². The molecule has 5 heterocycles. The van der Waals surface area contributed by atoms with Crippen molar-refractivity contribution < 1.29 is 0 Å². The fraction of sp³-hybridized carbons (Fsp3) is 0.455. The van der Waals surface area contributed by atoms with Gasteiger partial charge in [-0.05, 0) is 56.0 Å². The molecule has 2 bridgehead atoms. The Morgan fingerprint density at radius 1 is 1.08 bits per heavy atom. The molecule has 0 amide bonds. The third kappa shape index (κ3) is 2.50. The summed E-state index contributed by atoms with van der Waals surface area (Å²) in [7, 11) is 0. The van der Waals surface area contributed by atoms with Crippen molar-refractivity contribution in [2.45, 2.75) is 37.8 Å². The van der Waals surface area contributed by atoms with Crippen LogP contribution in [0.5, 0.6) is 0 Å². The lowest BCUT2D eigenvalue weighted by Gasteiger charge is -2.51. The van der Waals surface area contributed by atoms with E-state index < -0.39 is 0 Å². The Balaban J connectivity index is 1.54. The number of pyridine rings is 1. The van der Waals surface area contributed by atoms with Gasteiger partial charge in [-0.1, -0.05) is 42.5 Å². The Hall–Kier alpha value is -1.78. The number of rotatable bonds is 2. The Morgan fingerprint density at radius 2 is 1.88 bits per heavy atom. The van der Waals surface area contributed by atoms with Crippen molar-refractivity contribution in [3.63, 3.8) is 0 Å². The summed E-state index contributed by atoms with van der Waals surface area (Å²) in [4.78, 5) is 10.7. The zero-order valence-electron chi connectivity index (χ0n) is 15.2. The van der Waals surface area contributed by atoms with Crippen molar-refractivity contribution in [1.29, 1.82) is 0 Å². The monoisotopic (exact) mass is 363 g/mol. The third-order valence-electron chi connectivity index (χ3n) is 6.74. The lowest BCUT2D eigenvalue weighted by atomic mass is 9.75. The predicted molar refractivity (Wildman–Crippen MR) is 108 cm³/mol. The molecule has 3 nitrogen and oxygen atoms in total. The van der Waals surface area contributed by atoms with Gasteiger partial charge >= 0.3 is 0 Å². The van der Waals surface area contributed by atoms with E-state index in [1.165, 1.54) is 42.6 Å². The molecule has 6 rings (SSSR count). The number of thiocarbonyl (C=S) groups is 1. The van der Waals surface area contributed by atoms with Crippen molar-refractivity contribution in [2.24, 2.45) is 5.92 Å². The molecule has 0 spiro atoms. The van der Waals surface area contributed by atoms with Gasteiger partial charge in [0.15, 0.2) is 0 Å². The summed E-state index contributed by atoms with van der Waals surface area (Å²) in [6.45, 7) is 5.67. The summed E-state index contributed by atoms with van der Waals surface area (Å²) < 4.78 is 0. The second kappa shape index (κ2) is 6.43. The SMILES string of the molecule is Cc1ccccc1C(=S)N1CC(c2cccnc2)C2C1C1CCN2CC1. The normalized spacial score (nSPS) is 32.5. The summed E-state index contributed by atoms with van der Waals surface area (Å²) in [6, 6.07) is 14.0. The molecule has 26 heavy (non-hydrogen) atoms. The maximum absolute atomic E-state index is 6.05. The Labute approximate surface area is 161 Å². The van der Waals surface area contributed by atoms with Gasteiger partial charge in [0.1, 0.15) is 4.99 Å². The highest BCUT2D eigenvalue weighted by Crippen LogP contribution is 2.47. The van der Waals surface area contributed by atoms with Gasteiger partial charge in [0, 0.05) is 42.5 Å². The van der Waals surface area contributed by atoms with E-state index in [-0.39, 0.29) is 0 Å². The topological polar surface area (TPSA) is 19.4 Å². The molecule has 4 aliphatic heterocycles. The zero-order valence-corrected chi connectivity index (χ0v) is 16.0. The van der Waals surface area contributed by atoms with Crippen LogP contribution in [0.25, 0.3) is 0 Å². The van der Waals surface area contributed by atoms with Crippen LogP contribution in [0.2, 0.25) is 0 Å². The second-order valence-corrected chi connectivity index (χ2v) is 8.41. The Bertz CT molecular complexity index is 813. The number of hydrogen-bond acceptors (Lipinski definition) is 3. The highest BCUT2D eigenvalue weighted by atomic mass is 32.1. The smallest absolute Gasteiger partial charge is 0.109 e. The van der Waals surface area contributed by atoms with E-state index in [0.29, 0.717) is 18.0 Å². The number of hydrogen-bond donors (Lipinski definition) is 0. The van der Waals surface area contributed by atoms with Crippen LogP contribution in [0.3, 0.4) is 0 Å². The van der Waals surface area contributed by atoms with E-state index in [2.05, 4.69) is 64.3 Å². The van der Waals surface area contributed by atoms with Crippen molar-refractivity contribution in [3.8, 4) is 0 Å². The molecule has 4 heteroatoms. The van der Waals surface area contributed by atoms with E-state index in [4.69, 9.17) is 12.2 Å². The number of likely N-dealkylation sites (tertiary alicyclic amines) is 1. The fourth-order valence-corrected chi connectivity index (χ4v) is 5.94. The molecule has 1 aromatic heterocycles. The first kappa shape index (κ1) is 16.4. The van der Waals surface area contributed by atoms with E-state index in [0.717, 1.165) is 17.5 Å². The van der Waals surface area contributed by atoms with Gasteiger partial charge in [0.05, 0.1) is 0 Å².